The molecule has 2 amide bonds. The van der Waals surface area contributed by atoms with Crippen molar-refractivity contribution in [3.63, 3.8) is 0 Å². The number of aliphatic hydroxyl groups excluding tert-OH is 1. The van der Waals surface area contributed by atoms with E-state index in [4.69, 9.17) is 5.73 Å². The number of carbonyl (C=O) groups is 2. The molecule has 0 saturated carbocycles. The van der Waals surface area contributed by atoms with Crippen molar-refractivity contribution >= 4 is 22.6 Å². The van der Waals surface area contributed by atoms with Gasteiger partial charge < -0.3 is 16.2 Å². The van der Waals surface area contributed by atoms with Crippen LogP contribution in [0.1, 0.15) is 25.8 Å². The largest absolute Gasteiger partial charge is 0.383 e. The highest BCUT2D eigenvalue weighted by Crippen LogP contribution is 2.20. The molecule has 24 heavy (non-hydrogen) atoms. The molecule has 0 heterocycles. The summed E-state index contributed by atoms with van der Waals surface area (Å²) in [4.78, 5) is 23.8. The van der Waals surface area contributed by atoms with Crippen LogP contribution in [0, 0.1) is 5.92 Å². The Morgan fingerprint density at radius 1 is 1.12 bits per heavy atom. The second-order valence-electron chi connectivity index (χ2n) is 6.45. The van der Waals surface area contributed by atoms with Crippen LogP contribution in [0.5, 0.6) is 0 Å². The van der Waals surface area contributed by atoms with Crippen molar-refractivity contribution in [2.45, 2.75) is 38.8 Å². The number of hydrogen-bond donors (Lipinski definition) is 3. The normalized spacial score (nSPS) is 13.7. The van der Waals surface area contributed by atoms with Crippen LogP contribution in [0.15, 0.2) is 42.5 Å². The van der Waals surface area contributed by atoms with Gasteiger partial charge in [-0.15, -0.1) is 0 Å². The Kier molecular flexibility index (Phi) is 5.93. The minimum atomic E-state index is -1.14. The summed E-state index contributed by atoms with van der Waals surface area (Å²) in [5.41, 5.74) is 6.37. The van der Waals surface area contributed by atoms with E-state index in [1.54, 1.807) is 0 Å². The summed E-state index contributed by atoms with van der Waals surface area (Å²) in [6.45, 7) is 3.83. The molecule has 0 saturated heterocycles. The lowest BCUT2D eigenvalue weighted by Crippen LogP contribution is -2.49. The van der Waals surface area contributed by atoms with Gasteiger partial charge >= 0.3 is 0 Å². The Labute approximate surface area is 141 Å². The fourth-order valence-electron chi connectivity index (χ4n) is 2.73. The summed E-state index contributed by atoms with van der Waals surface area (Å²) in [5, 5.41) is 14.5. The predicted octanol–water partition coefficient (Wildman–Crippen LogP) is 1.76. The first kappa shape index (κ1) is 17.9. The topological polar surface area (TPSA) is 92.4 Å². The van der Waals surface area contributed by atoms with Gasteiger partial charge in [-0.05, 0) is 28.7 Å². The summed E-state index contributed by atoms with van der Waals surface area (Å²) in [7, 11) is 0. The Balaban J connectivity index is 2.16. The Morgan fingerprint density at radius 2 is 1.79 bits per heavy atom. The first-order valence-electron chi connectivity index (χ1n) is 8.13. The molecule has 2 rings (SSSR count). The zero-order chi connectivity index (χ0) is 17.7. The van der Waals surface area contributed by atoms with Crippen LogP contribution in [0.2, 0.25) is 0 Å². The molecule has 0 unspecified atom stereocenters. The number of aliphatic hydroxyl groups is 1. The van der Waals surface area contributed by atoms with Crippen LogP contribution in [0.3, 0.4) is 0 Å². The van der Waals surface area contributed by atoms with Crippen molar-refractivity contribution in [3.05, 3.63) is 48.0 Å². The summed E-state index contributed by atoms with van der Waals surface area (Å²) in [5.74, 6) is -1.00. The van der Waals surface area contributed by atoms with Gasteiger partial charge in [0.1, 0.15) is 12.1 Å². The molecule has 2 aromatic carbocycles. The van der Waals surface area contributed by atoms with Gasteiger partial charge in [0.05, 0.1) is 0 Å². The summed E-state index contributed by atoms with van der Waals surface area (Å²) in [6.07, 6.45) is -0.512. The molecule has 0 aromatic heterocycles. The maximum atomic E-state index is 12.1. The molecule has 0 aliphatic carbocycles. The van der Waals surface area contributed by atoms with Gasteiger partial charge in [-0.2, -0.15) is 0 Å². The summed E-state index contributed by atoms with van der Waals surface area (Å²) < 4.78 is 0. The maximum Gasteiger partial charge on any atom is 0.249 e. The highest BCUT2D eigenvalue weighted by molar-refractivity contribution is 5.90. The number of nitrogens with one attached hydrogen (secondary N) is 1. The Morgan fingerprint density at radius 3 is 2.46 bits per heavy atom. The van der Waals surface area contributed by atoms with E-state index in [0.717, 1.165) is 16.3 Å². The van der Waals surface area contributed by atoms with Gasteiger partial charge in [-0.3, -0.25) is 9.59 Å². The molecule has 0 radical (unpaired) electrons. The lowest BCUT2D eigenvalue weighted by atomic mass is 9.98. The average molecular weight is 328 g/mol. The van der Waals surface area contributed by atoms with Crippen LogP contribution in [-0.4, -0.2) is 29.1 Å². The molecule has 2 aromatic rings. The van der Waals surface area contributed by atoms with E-state index in [0.29, 0.717) is 6.42 Å². The maximum absolute atomic E-state index is 12.1. The first-order valence-corrected chi connectivity index (χ1v) is 8.13. The number of carbonyl (C=O) groups excluding carboxylic acids is 2. The Hall–Kier alpha value is -2.40. The Bertz CT molecular complexity index is 722. The second kappa shape index (κ2) is 7.93. The van der Waals surface area contributed by atoms with Crippen LogP contribution in [0.25, 0.3) is 10.8 Å². The van der Waals surface area contributed by atoms with E-state index >= 15 is 0 Å². The number of rotatable bonds is 7. The lowest BCUT2D eigenvalue weighted by Gasteiger charge is -2.19. The predicted molar refractivity (Wildman–Crippen MR) is 94.2 cm³/mol. The molecular formula is C19H24N2O3. The third-order valence-electron chi connectivity index (χ3n) is 3.96. The molecule has 128 valence electrons. The quantitative estimate of drug-likeness (QED) is 0.723. The van der Waals surface area contributed by atoms with Crippen molar-refractivity contribution < 1.29 is 14.7 Å². The van der Waals surface area contributed by atoms with Crippen molar-refractivity contribution in [2.24, 2.45) is 11.7 Å². The molecule has 0 spiro atoms. The molecule has 0 bridgehead atoms. The number of fused-ring (bicyclic) bond motifs is 1. The number of primary amides is 1. The van der Waals surface area contributed by atoms with E-state index in [9.17, 15) is 14.7 Å². The van der Waals surface area contributed by atoms with E-state index in [1.165, 1.54) is 0 Å². The van der Waals surface area contributed by atoms with Crippen LogP contribution in [0.4, 0.5) is 0 Å². The van der Waals surface area contributed by atoms with Crippen LogP contribution < -0.4 is 11.1 Å². The summed E-state index contributed by atoms with van der Waals surface area (Å²) in [6, 6.07) is 12.8. The fraction of sp³-hybridized carbons (Fsp3) is 0.368. The average Bonchev–Trinajstić information content (AvgIpc) is 2.53. The second-order valence-corrected chi connectivity index (χ2v) is 6.45. The van der Waals surface area contributed by atoms with Gasteiger partial charge in [0.15, 0.2) is 0 Å². The number of nitrogens with two attached hydrogens (primary N) is 1. The van der Waals surface area contributed by atoms with Gasteiger partial charge in [-0.25, -0.2) is 0 Å². The van der Waals surface area contributed by atoms with Crippen molar-refractivity contribution in [1.82, 2.24) is 5.32 Å². The standard InChI is InChI=1S/C19H24N2O3/c1-12(2)10-17(22)19(24)21-16(18(20)23)11-14-8-5-7-13-6-3-4-9-15(13)14/h3-9,12,16-17,22H,10-11H2,1-2H3,(H2,20,23)(H,21,24)/t16-,17+/m1/s1. The molecule has 0 aliphatic heterocycles. The number of amides is 2. The zero-order valence-corrected chi connectivity index (χ0v) is 14.0. The molecular weight excluding hydrogens is 304 g/mol. The van der Waals surface area contributed by atoms with Crippen molar-refractivity contribution in [2.75, 3.05) is 0 Å². The van der Waals surface area contributed by atoms with E-state index < -0.39 is 24.0 Å². The lowest BCUT2D eigenvalue weighted by molar-refractivity contribution is -0.133. The van der Waals surface area contributed by atoms with Crippen LogP contribution in [-0.2, 0) is 16.0 Å². The monoisotopic (exact) mass is 328 g/mol. The van der Waals surface area contributed by atoms with Crippen molar-refractivity contribution in [1.29, 1.82) is 0 Å². The highest BCUT2D eigenvalue weighted by Gasteiger charge is 2.24. The molecule has 0 fully saturated rings. The van der Waals surface area contributed by atoms with E-state index in [1.807, 2.05) is 56.3 Å². The highest BCUT2D eigenvalue weighted by atomic mass is 16.3. The molecule has 5 heteroatoms. The SMILES string of the molecule is CC(C)C[C@H](O)C(=O)N[C@H](Cc1cccc2ccccc12)C(N)=O. The zero-order valence-electron chi connectivity index (χ0n) is 14.0. The van der Waals surface area contributed by atoms with E-state index in [-0.39, 0.29) is 12.3 Å². The van der Waals surface area contributed by atoms with Gasteiger partial charge in [0.2, 0.25) is 11.8 Å². The fourth-order valence-corrected chi connectivity index (χ4v) is 2.73. The van der Waals surface area contributed by atoms with Gasteiger partial charge in [0.25, 0.3) is 0 Å². The minimum Gasteiger partial charge on any atom is -0.383 e. The molecule has 4 N–H and O–H groups in total. The van der Waals surface area contributed by atoms with Crippen LogP contribution >= 0.6 is 0 Å². The molecule has 5 nitrogen and oxygen atoms in total. The minimum absolute atomic E-state index is 0.177. The van der Waals surface area contributed by atoms with Gasteiger partial charge in [-0.1, -0.05) is 56.3 Å². The third-order valence-corrected chi connectivity index (χ3v) is 3.96. The van der Waals surface area contributed by atoms with Crippen molar-refractivity contribution in [3.8, 4) is 0 Å². The molecule has 0 aliphatic rings. The first-order chi connectivity index (χ1) is 11.4. The van der Waals surface area contributed by atoms with E-state index in [2.05, 4.69) is 5.32 Å². The number of hydrogen-bond acceptors (Lipinski definition) is 3. The van der Waals surface area contributed by atoms with Gasteiger partial charge in [0, 0.05) is 6.42 Å². The number of benzene rings is 2. The smallest absolute Gasteiger partial charge is 0.249 e. The summed E-state index contributed by atoms with van der Waals surface area (Å²) >= 11 is 0. The molecule has 2 atom stereocenters. The third kappa shape index (κ3) is 4.55.